The van der Waals surface area contributed by atoms with E-state index in [-0.39, 0.29) is 11.7 Å². The van der Waals surface area contributed by atoms with E-state index in [0.29, 0.717) is 17.3 Å². The van der Waals surface area contributed by atoms with Crippen molar-refractivity contribution in [3.63, 3.8) is 0 Å². The molecule has 5 atom stereocenters. The van der Waals surface area contributed by atoms with Crippen molar-refractivity contribution in [3.8, 4) is 0 Å². The Balaban J connectivity index is 1.87. The molecule has 0 aromatic rings. The van der Waals surface area contributed by atoms with Gasteiger partial charge in [-0.3, -0.25) is 0 Å². The molecule has 0 aromatic heterocycles. The number of aliphatic hydroxyl groups excluding tert-OH is 1. The Morgan fingerprint density at radius 1 is 1.35 bits per heavy atom. The predicted molar refractivity (Wildman–Crippen MR) is 67.7 cm³/mol. The molecule has 0 unspecified atom stereocenters. The van der Waals surface area contributed by atoms with Crippen LogP contribution in [0.4, 0.5) is 0 Å². The van der Waals surface area contributed by atoms with Crippen LogP contribution < -0.4 is 0 Å². The van der Waals surface area contributed by atoms with Crippen LogP contribution in [-0.2, 0) is 4.74 Å². The Labute approximate surface area is 104 Å². The Morgan fingerprint density at radius 3 is 2.59 bits per heavy atom. The SMILES string of the molecule is C=C(C)[C@H]1CC[C@@]2(C)CC[C@@H](O)[C@]3(CO3)[C@@H]2C1. The number of hydrogen-bond donors (Lipinski definition) is 1. The molecule has 0 aromatic carbocycles. The summed E-state index contributed by atoms with van der Waals surface area (Å²) in [5.41, 5.74) is 1.52. The summed E-state index contributed by atoms with van der Waals surface area (Å²) in [6.45, 7) is 9.45. The minimum atomic E-state index is -0.232. The van der Waals surface area contributed by atoms with E-state index in [4.69, 9.17) is 4.74 Å². The second-order valence-corrected chi connectivity index (χ2v) is 6.82. The first kappa shape index (κ1) is 11.7. The first-order chi connectivity index (χ1) is 7.98. The van der Waals surface area contributed by atoms with E-state index in [9.17, 15) is 5.11 Å². The summed E-state index contributed by atoms with van der Waals surface area (Å²) in [6.07, 6.45) is 5.56. The van der Waals surface area contributed by atoms with Gasteiger partial charge in [0.05, 0.1) is 12.7 Å². The molecule has 1 N–H and O–H groups in total. The van der Waals surface area contributed by atoms with Gasteiger partial charge in [0.2, 0.25) is 0 Å². The summed E-state index contributed by atoms with van der Waals surface area (Å²) < 4.78 is 5.73. The van der Waals surface area contributed by atoms with Gasteiger partial charge in [0.15, 0.2) is 0 Å². The molecule has 1 spiro atoms. The molecule has 3 aliphatic rings. The van der Waals surface area contributed by atoms with Crippen LogP contribution in [0, 0.1) is 17.3 Å². The highest BCUT2D eigenvalue weighted by molar-refractivity contribution is 5.16. The molecule has 1 saturated heterocycles. The van der Waals surface area contributed by atoms with E-state index in [2.05, 4.69) is 20.4 Å². The van der Waals surface area contributed by atoms with Crippen molar-refractivity contribution in [1.29, 1.82) is 0 Å². The van der Waals surface area contributed by atoms with Gasteiger partial charge < -0.3 is 9.84 Å². The van der Waals surface area contributed by atoms with Crippen LogP contribution >= 0.6 is 0 Å². The first-order valence-electron chi connectivity index (χ1n) is 6.95. The molecule has 3 rings (SSSR count). The molecular formula is C15H24O2. The Morgan fingerprint density at radius 2 is 2.00 bits per heavy atom. The quantitative estimate of drug-likeness (QED) is 0.561. The van der Waals surface area contributed by atoms with Crippen LogP contribution in [0.3, 0.4) is 0 Å². The zero-order chi connectivity index (χ0) is 12.3. The van der Waals surface area contributed by atoms with Gasteiger partial charge in [-0.2, -0.15) is 0 Å². The van der Waals surface area contributed by atoms with Gasteiger partial charge in [0.1, 0.15) is 5.60 Å². The summed E-state index contributed by atoms with van der Waals surface area (Å²) in [6, 6.07) is 0. The second-order valence-electron chi connectivity index (χ2n) is 6.82. The highest BCUT2D eigenvalue weighted by Gasteiger charge is 2.65. The van der Waals surface area contributed by atoms with Crippen molar-refractivity contribution < 1.29 is 9.84 Å². The van der Waals surface area contributed by atoms with Crippen LogP contribution in [0.25, 0.3) is 0 Å². The molecule has 17 heavy (non-hydrogen) atoms. The lowest BCUT2D eigenvalue weighted by Crippen LogP contribution is -2.53. The number of rotatable bonds is 1. The number of hydrogen-bond acceptors (Lipinski definition) is 2. The van der Waals surface area contributed by atoms with Crippen molar-refractivity contribution in [3.05, 3.63) is 12.2 Å². The van der Waals surface area contributed by atoms with Crippen molar-refractivity contribution in [2.24, 2.45) is 17.3 Å². The maximum absolute atomic E-state index is 10.2. The minimum Gasteiger partial charge on any atom is -0.390 e. The molecule has 0 radical (unpaired) electrons. The number of fused-ring (bicyclic) bond motifs is 2. The van der Waals surface area contributed by atoms with Gasteiger partial charge in [0, 0.05) is 0 Å². The summed E-state index contributed by atoms with van der Waals surface area (Å²) in [4.78, 5) is 0. The molecule has 2 saturated carbocycles. The third-order valence-electron chi connectivity index (χ3n) is 5.74. The van der Waals surface area contributed by atoms with Gasteiger partial charge in [-0.15, -0.1) is 0 Å². The minimum absolute atomic E-state index is 0.179. The fourth-order valence-corrected chi connectivity index (χ4v) is 4.32. The lowest BCUT2D eigenvalue weighted by atomic mass is 9.53. The van der Waals surface area contributed by atoms with Gasteiger partial charge in [-0.05, 0) is 56.3 Å². The summed E-state index contributed by atoms with van der Waals surface area (Å²) >= 11 is 0. The molecule has 2 nitrogen and oxygen atoms in total. The Bertz CT molecular complexity index is 343. The topological polar surface area (TPSA) is 32.8 Å². The molecular weight excluding hydrogens is 212 g/mol. The van der Waals surface area contributed by atoms with Gasteiger partial charge in [-0.1, -0.05) is 19.1 Å². The number of ether oxygens (including phenoxy) is 1. The highest BCUT2D eigenvalue weighted by atomic mass is 16.6. The predicted octanol–water partition coefficient (Wildman–Crippen LogP) is 2.91. The molecule has 2 heteroatoms. The highest BCUT2D eigenvalue weighted by Crippen LogP contribution is 2.61. The van der Waals surface area contributed by atoms with Crippen LogP contribution in [0.2, 0.25) is 0 Å². The molecule has 96 valence electrons. The maximum Gasteiger partial charge on any atom is 0.121 e. The smallest absolute Gasteiger partial charge is 0.121 e. The van der Waals surface area contributed by atoms with Crippen LogP contribution in [-0.4, -0.2) is 23.4 Å². The molecule has 1 aliphatic heterocycles. The van der Waals surface area contributed by atoms with E-state index in [1.54, 1.807) is 0 Å². The summed E-state index contributed by atoms with van der Waals surface area (Å²) in [7, 11) is 0. The largest absolute Gasteiger partial charge is 0.390 e. The van der Waals surface area contributed by atoms with Gasteiger partial charge in [0.25, 0.3) is 0 Å². The molecule has 0 bridgehead atoms. The van der Waals surface area contributed by atoms with Crippen molar-refractivity contribution in [1.82, 2.24) is 0 Å². The van der Waals surface area contributed by atoms with Crippen molar-refractivity contribution in [2.75, 3.05) is 6.61 Å². The standard InChI is InChI=1S/C15H24O2/c1-10(2)11-4-6-14(3)7-5-13(16)15(9-17-15)12(14)8-11/h11-13,16H,1,4-9H2,2-3H3/t11-,12+,13+,14-,15-/m0/s1. The van der Waals surface area contributed by atoms with E-state index in [0.717, 1.165) is 19.4 Å². The molecule has 0 amide bonds. The van der Waals surface area contributed by atoms with E-state index < -0.39 is 0 Å². The normalized spacial score (nSPS) is 53.2. The fourth-order valence-electron chi connectivity index (χ4n) is 4.32. The third-order valence-corrected chi connectivity index (χ3v) is 5.74. The van der Waals surface area contributed by atoms with E-state index >= 15 is 0 Å². The molecule has 1 heterocycles. The number of allylic oxidation sites excluding steroid dienone is 1. The van der Waals surface area contributed by atoms with Crippen molar-refractivity contribution in [2.45, 2.75) is 57.7 Å². The summed E-state index contributed by atoms with van der Waals surface area (Å²) in [5.74, 6) is 1.17. The lowest BCUT2D eigenvalue weighted by Gasteiger charge is -2.52. The zero-order valence-electron chi connectivity index (χ0n) is 11.0. The average Bonchev–Trinajstić information content (AvgIpc) is 3.06. The second kappa shape index (κ2) is 3.58. The molecule has 2 aliphatic carbocycles. The maximum atomic E-state index is 10.2. The van der Waals surface area contributed by atoms with Crippen molar-refractivity contribution >= 4 is 0 Å². The Hall–Kier alpha value is -0.340. The van der Waals surface area contributed by atoms with Crippen LogP contribution in [0.1, 0.15) is 46.0 Å². The number of aliphatic hydroxyl groups is 1. The average molecular weight is 236 g/mol. The number of epoxide rings is 1. The monoisotopic (exact) mass is 236 g/mol. The summed E-state index contributed by atoms with van der Waals surface area (Å²) in [5, 5.41) is 10.2. The van der Waals surface area contributed by atoms with Crippen LogP contribution in [0.5, 0.6) is 0 Å². The Kier molecular flexibility index (Phi) is 2.47. The molecule has 3 fully saturated rings. The third kappa shape index (κ3) is 1.61. The van der Waals surface area contributed by atoms with Gasteiger partial charge >= 0.3 is 0 Å². The van der Waals surface area contributed by atoms with Crippen LogP contribution in [0.15, 0.2) is 12.2 Å². The van der Waals surface area contributed by atoms with E-state index in [1.807, 2.05) is 0 Å². The lowest BCUT2D eigenvalue weighted by molar-refractivity contribution is -0.0870. The zero-order valence-corrected chi connectivity index (χ0v) is 11.0. The fraction of sp³-hybridized carbons (Fsp3) is 0.867. The van der Waals surface area contributed by atoms with E-state index in [1.165, 1.54) is 24.8 Å². The van der Waals surface area contributed by atoms with Gasteiger partial charge in [-0.25, -0.2) is 0 Å². The first-order valence-corrected chi connectivity index (χ1v) is 6.95.